The van der Waals surface area contributed by atoms with Gasteiger partial charge in [0.05, 0.1) is 0 Å². The van der Waals surface area contributed by atoms with Gasteiger partial charge < -0.3 is 10.2 Å². The maximum atomic E-state index is 13.0. The molecule has 4 heteroatoms. The van der Waals surface area contributed by atoms with E-state index in [0.29, 0.717) is 12.2 Å². The maximum Gasteiger partial charge on any atom is 0.276 e. The van der Waals surface area contributed by atoms with E-state index in [1.165, 1.54) is 11.1 Å². The fourth-order valence-corrected chi connectivity index (χ4v) is 3.34. The Labute approximate surface area is 153 Å². The summed E-state index contributed by atoms with van der Waals surface area (Å²) in [6, 6.07) is 18.1. The number of pyridine rings is 1. The molecule has 0 saturated heterocycles. The first-order valence-electron chi connectivity index (χ1n) is 8.82. The van der Waals surface area contributed by atoms with Gasteiger partial charge in [-0.15, -0.1) is 0 Å². The Morgan fingerprint density at radius 3 is 2.81 bits per heavy atom. The summed E-state index contributed by atoms with van der Waals surface area (Å²) in [5.74, 6) is -0.0560. The van der Waals surface area contributed by atoms with E-state index in [2.05, 4.69) is 48.4 Å². The van der Waals surface area contributed by atoms with Gasteiger partial charge in [0, 0.05) is 29.8 Å². The number of aryl methyl sites for hydroxylation is 2. The lowest BCUT2D eigenvalue weighted by Gasteiger charge is -2.17. The van der Waals surface area contributed by atoms with E-state index < -0.39 is 0 Å². The second-order valence-corrected chi connectivity index (χ2v) is 6.71. The van der Waals surface area contributed by atoms with Crippen molar-refractivity contribution in [1.82, 2.24) is 4.98 Å². The zero-order valence-electron chi connectivity index (χ0n) is 15.0. The van der Waals surface area contributed by atoms with Gasteiger partial charge in [0.25, 0.3) is 5.91 Å². The molecule has 0 atom stereocenters. The van der Waals surface area contributed by atoms with Gasteiger partial charge in [-0.3, -0.25) is 9.78 Å². The van der Waals surface area contributed by atoms with Gasteiger partial charge in [-0.05, 0) is 61.2 Å². The number of nitrogens with one attached hydrogen (secondary N) is 1. The highest BCUT2D eigenvalue weighted by atomic mass is 16.2. The molecule has 2 heterocycles. The Bertz CT molecular complexity index is 981. The van der Waals surface area contributed by atoms with Crippen LogP contribution in [0.5, 0.6) is 0 Å². The highest BCUT2D eigenvalue weighted by Crippen LogP contribution is 2.29. The molecule has 0 saturated carbocycles. The largest absolute Gasteiger partial charge is 0.355 e. The van der Waals surface area contributed by atoms with Crippen molar-refractivity contribution in [2.45, 2.75) is 20.3 Å². The number of aromatic nitrogens is 1. The fraction of sp³-hybridized carbons (Fsp3) is 0.182. The number of amides is 1. The van der Waals surface area contributed by atoms with E-state index >= 15 is 0 Å². The van der Waals surface area contributed by atoms with Crippen LogP contribution >= 0.6 is 0 Å². The normalized spacial score (nSPS) is 12.8. The third-order valence-corrected chi connectivity index (χ3v) is 4.78. The molecule has 1 aliphatic heterocycles. The van der Waals surface area contributed by atoms with Crippen molar-refractivity contribution in [3.8, 4) is 0 Å². The quantitative estimate of drug-likeness (QED) is 0.753. The highest BCUT2D eigenvalue weighted by Gasteiger charge is 2.26. The van der Waals surface area contributed by atoms with Crippen molar-refractivity contribution < 1.29 is 4.79 Å². The van der Waals surface area contributed by atoms with Crippen molar-refractivity contribution in [3.63, 3.8) is 0 Å². The maximum absolute atomic E-state index is 13.0. The number of anilines is 3. The van der Waals surface area contributed by atoms with Gasteiger partial charge >= 0.3 is 0 Å². The molecule has 0 spiro atoms. The lowest BCUT2D eigenvalue weighted by Crippen LogP contribution is -2.29. The first-order chi connectivity index (χ1) is 12.6. The number of carbonyl (C=O) groups is 1. The molecule has 2 aromatic carbocycles. The molecule has 1 aliphatic rings. The number of hydrogen-bond donors (Lipinski definition) is 1. The first-order valence-corrected chi connectivity index (χ1v) is 8.82. The van der Waals surface area contributed by atoms with Crippen LogP contribution in [0.15, 0.2) is 60.8 Å². The topological polar surface area (TPSA) is 45.2 Å². The van der Waals surface area contributed by atoms with Gasteiger partial charge in [0.1, 0.15) is 5.69 Å². The van der Waals surface area contributed by atoms with Crippen LogP contribution in [0.1, 0.15) is 27.2 Å². The van der Waals surface area contributed by atoms with Gasteiger partial charge in [0.2, 0.25) is 0 Å². The summed E-state index contributed by atoms with van der Waals surface area (Å²) in [7, 11) is 0. The van der Waals surface area contributed by atoms with Crippen molar-refractivity contribution >= 4 is 23.0 Å². The van der Waals surface area contributed by atoms with Crippen molar-refractivity contribution in [2.24, 2.45) is 0 Å². The fourth-order valence-electron chi connectivity index (χ4n) is 3.34. The van der Waals surface area contributed by atoms with Crippen LogP contribution in [0.3, 0.4) is 0 Å². The molecule has 3 aromatic rings. The Morgan fingerprint density at radius 2 is 1.92 bits per heavy atom. The van der Waals surface area contributed by atoms with Crippen LogP contribution in [-0.2, 0) is 6.42 Å². The number of nitrogens with zero attached hydrogens (tertiary/aromatic N) is 2. The molecule has 1 N–H and O–H groups in total. The minimum Gasteiger partial charge on any atom is -0.355 e. The van der Waals surface area contributed by atoms with Crippen LogP contribution in [-0.4, -0.2) is 17.4 Å². The summed E-state index contributed by atoms with van der Waals surface area (Å²) < 4.78 is 0. The zero-order valence-corrected chi connectivity index (χ0v) is 15.0. The van der Waals surface area contributed by atoms with Crippen LogP contribution in [0, 0.1) is 13.8 Å². The SMILES string of the molecule is Cc1ccc(C)c(Nc2ccnc(C(=O)N3CCc4ccccc43)c2)c1. The Balaban J connectivity index is 1.60. The van der Waals surface area contributed by atoms with Crippen LogP contribution in [0.2, 0.25) is 0 Å². The third kappa shape index (κ3) is 3.06. The van der Waals surface area contributed by atoms with E-state index in [-0.39, 0.29) is 5.91 Å². The van der Waals surface area contributed by atoms with Gasteiger partial charge in [-0.2, -0.15) is 0 Å². The minimum absolute atomic E-state index is 0.0560. The summed E-state index contributed by atoms with van der Waals surface area (Å²) >= 11 is 0. The van der Waals surface area contributed by atoms with Gasteiger partial charge in [-0.1, -0.05) is 30.3 Å². The summed E-state index contributed by atoms with van der Waals surface area (Å²) in [6.07, 6.45) is 2.57. The molecular formula is C22H21N3O. The minimum atomic E-state index is -0.0560. The number of benzene rings is 2. The third-order valence-electron chi connectivity index (χ3n) is 4.78. The average molecular weight is 343 g/mol. The van der Waals surface area contributed by atoms with Gasteiger partial charge in [-0.25, -0.2) is 0 Å². The Morgan fingerprint density at radius 1 is 1.08 bits per heavy atom. The molecule has 1 aromatic heterocycles. The zero-order chi connectivity index (χ0) is 18.1. The van der Waals surface area contributed by atoms with E-state index in [0.717, 1.165) is 29.0 Å². The number of carbonyl (C=O) groups excluding carboxylic acids is 1. The summed E-state index contributed by atoms with van der Waals surface area (Å²) in [5, 5.41) is 3.41. The molecule has 130 valence electrons. The van der Waals surface area contributed by atoms with Crippen LogP contribution in [0.25, 0.3) is 0 Å². The summed E-state index contributed by atoms with van der Waals surface area (Å²) in [4.78, 5) is 19.1. The van der Waals surface area contributed by atoms with Crippen LogP contribution in [0.4, 0.5) is 17.1 Å². The van der Waals surface area contributed by atoms with Crippen molar-refractivity contribution in [2.75, 3.05) is 16.8 Å². The number of para-hydroxylation sites is 1. The number of hydrogen-bond acceptors (Lipinski definition) is 3. The number of rotatable bonds is 3. The molecule has 4 nitrogen and oxygen atoms in total. The molecule has 0 radical (unpaired) electrons. The second kappa shape index (κ2) is 6.64. The summed E-state index contributed by atoms with van der Waals surface area (Å²) in [6.45, 7) is 4.83. The first kappa shape index (κ1) is 16.3. The van der Waals surface area contributed by atoms with E-state index in [1.807, 2.05) is 35.2 Å². The molecule has 0 unspecified atom stereocenters. The molecule has 4 rings (SSSR count). The molecule has 0 fully saturated rings. The van der Waals surface area contributed by atoms with E-state index in [1.54, 1.807) is 6.20 Å². The summed E-state index contributed by atoms with van der Waals surface area (Å²) in [5.41, 5.74) is 6.92. The number of fused-ring (bicyclic) bond motifs is 1. The molecule has 0 bridgehead atoms. The van der Waals surface area contributed by atoms with Gasteiger partial charge in [0.15, 0.2) is 0 Å². The van der Waals surface area contributed by atoms with E-state index in [4.69, 9.17) is 0 Å². The van der Waals surface area contributed by atoms with Crippen molar-refractivity contribution in [3.05, 3.63) is 83.2 Å². The lowest BCUT2D eigenvalue weighted by atomic mass is 10.1. The predicted molar refractivity (Wildman–Crippen MR) is 105 cm³/mol. The van der Waals surface area contributed by atoms with Crippen molar-refractivity contribution in [1.29, 1.82) is 0 Å². The predicted octanol–water partition coefficient (Wildman–Crippen LogP) is 4.64. The Hall–Kier alpha value is -3.14. The highest BCUT2D eigenvalue weighted by molar-refractivity contribution is 6.06. The average Bonchev–Trinajstić information content (AvgIpc) is 3.08. The standard InChI is InChI=1S/C22H21N3O/c1-15-7-8-16(2)19(13-15)24-18-9-11-23-20(14-18)22(26)25-12-10-17-5-3-4-6-21(17)25/h3-9,11,13-14H,10,12H2,1-2H3,(H,23,24). The second-order valence-electron chi connectivity index (χ2n) is 6.71. The molecule has 0 aliphatic carbocycles. The monoisotopic (exact) mass is 343 g/mol. The molecule has 1 amide bonds. The molecule has 26 heavy (non-hydrogen) atoms. The lowest BCUT2D eigenvalue weighted by molar-refractivity contribution is 0.0984. The molecular weight excluding hydrogens is 322 g/mol. The Kier molecular flexibility index (Phi) is 4.17. The smallest absolute Gasteiger partial charge is 0.276 e. The van der Waals surface area contributed by atoms with Crippen LogP contribution < -0.4 is 10.2 Å². The van der Waals surface area contributed by atoms with E-state index in [9.17, 15) is 4.79 Å².